The molecule has 0 saturated heterocycles. The lowest BCUT2D eigenvalue weighted by molar-refractivity contribution is 0.100. The van der Waals surface area contributed by atoms with E-state index in [0.29, 0.717) is 30.1 Å². The standard InChI is InChI=1S/C13H21ClN4O/c1-7(2)10(8(3)4)6-16-13-9(12(15)19)5-11(14)17-18-13/h5,7-8,10H,6H2,1-4H3,(H2,15,19)(H,16,18). The van der Waals surface area contributed by atoms with Crippen molar-refractivity contribution in [2.75, 3.05) is 11.9 Å². The van der Waals surface area contributed by atoms with E-state index in [1.807, 2.05) is 0 Å². The number of aromatic nitrogens is 2. The maximum Gasteiger partial charge on any atom is 0.252 e. The zero-order valence-electron chi connectivity index (χ0n) is 11.8. The van der Waals surface area contributed by atoms with E-state index >= 15 is 0 Å². The van der Waals surface area contributed by atoms with E-state index in [1.54, 1.807) is 0 Å². The molecule has 6 heteroatoms. The highest BCUT2D eigenvalue weighted by atomic mass is 35.5. The van der Waals surface area contributed by atoms with Crippen LogP contribution < -0.4 is 11.1 Å². The molecule has 1 heterocycles. The smallest absolute Gasteiger partial charge is 0.252 e. The lowest BCUT2D eigenvalue weighted by Gasteiger charge is -2.25. The zero-order chi connectivity index (χ0) is 14.6. The van der Waals surface area contributed by atoms with E-state index in [1.165, 1.54) is 6.07 Å². The summed E-state index contributed by atoms with van der Waals surface area (Å²) in [4.78, 5) is 11.3. The topological polar surface area (TPSA) is 80.9 Å². The zero-order valence-corrected chi connectivity index (χ0v) is 12.5. The van der Waals surface area contributed by atoms with Crippen LogP contribution >= 0.6 is 11.6 Å². The van der Waals surface area contributed by atoms with Crippen molar-refractivity contribution in [2.24, 2.45) is 23.5 Å². The predicted octanol–water partition coefficient (Wildman–Crippen LogP) is 2.57. The first-order valence-electron chi connectivity index (χ1n) is 6.39. The molecule has 0 atom stereocenters. The van der Waals surface area contributed by atoms with Gasteiger partial charge in [-0.3, -0.25) is 4.79 Å². The average molecular weight is 285 g/mol. The fraction of sp³-hybridized carbons (Fsp3) is 0.615. The molecule has 0 aliphatic heterocycles. The van der Waals surface area contributed by atoms with Crippen LogP contribution in [-0.4, -0.2) is 22.6 Å². The van der Waals surface area contributed by atoms with Crippen LogP contribution in [-0.2, 0) is 0 Å². The van der Waals surface area contributed by atoms with Crippen molar-refractivity contribution in [3.8, 4) is 0 Å². The number of primary amides is 1. The van der Waals surface area contributed by atoms with E-state index in [0.717, 1.165) is 0 Å². The van der Waals surface area contributed by atoms with Crippen molar-refractivity contribution >= 4 is 23.3 Å². The molecule has 5 nitrogen and oxygen atoms in total. The Labute approximate surface area is 118 Å². The summed E-state index contributed by atoms with van der Waals surface area (Å²) in [6, 6.07) is 1.43. The molecule has 1 amide bonds. The van der Waals surface area contributed by atoms with Gasteiger partial charge in [-0.15, -0.1) is 10.2 Å². The summed E-state index contributed by atoms with van der Waals surface area (Å²) >= 11 is 5.72. The van der Waals surface area contributed by atoms with Crippen LogP contribution in [0.3, 0.4) is 0 Å². The van der Waals surface area contributed by atoms with E-state index in [9.17, 15) is 4.79 Å². The minimum atomic E-state index is -0.565. The number of rotatable bonds is 6. The second kappa shape index (κ2) is 6.70. The van der Waals surface area contributed by atoms with E-state index in [-0.39, 0.29) is 10.7 Å². The normalized spacial score (nSPS) is 11.4. The molecule has 1 rings (SSSR count). The molecule has 19 heavy (non-hydrogen) atoms. The number of nitrogens with zero attached hydrogens (tertiary/aromatic N) is 2. The minimum absolute atomic E-state index is 0.156. The van der Waals surface area contributed by atoms with E-state index in [4.69, 9.17) is 17.3 Å². The van der Waals surface area contributed by atoms with Crippen molar-refractivity contribution in [1.82, 2.24) is 10.2 Å². The molecular weight excluding hydrogens is 264 g/mol. The summed E-state index contributed by atoms with van der Waals surface area (Å²) in [6.07, 6.45) is 0. The first kappa shape index (κ1) is 15.7. The Morgan fingerprint density at radius 2 is 1.89 bits per heavy atom. The molecule has 106 valence electrons. The van der Waals surface area contributed by atoms with E-state index < -0.39 is 5.91 Å². The van der Waals surface area contributed by atoms with Crippen LogP contribution in [0.1, 0.15) is 38.1 Å². The fourth-order valence-electron chi connectivity index (χ4n) is 2.14. The Morgan fingerprint density at radius 3 is 2.37 bits per heavy atom. The Balaban J connectivity index is 2.85. The Morgan fingerprint density at radius 1 is 1.32 bits per heavy atom. The molecule has 0 radical (unpaired) electrons. The minimum Gasteiger partial charge on any atom is -0.368 e. The Kier molecular flexibility index (Phi) is 5.54. The molecule has 0 fully saturated rings. The molecule has 3 N–H and O–H groups in total. The second-order valence-corrected chi connectivity index (χ2v) is 5.71. The van der Waals surface area contributed by atoms with Crippen molar-refractivity contribution in [3.63, 3.8) is 0 Å². The van der Waals surface area contributed by atoms with Gasteiger partial charge in [-0.25, -0.2) is 0 Å². The molecule has 0 unspecified atom stereocenters. The van der Waals surface area contributed by atoms with Gasteiger partial charge in [0.05, 0.1) is 5.56 Å². The van der Waals surface area contributed by atoms with E-state index in [2.05, 4.69) is 43.2 Å². The van der Waals surface area contributed by atoms with Crippen LogP contribution in [0.15, 0.2) is 6.07 Å². The molecule has 0 aliphatic rings. The molecular formula is C13H21ClN4O. The number of carbonyl (C=O) groups excluding carboxylic acids is 1. The van der Waals surface area contributed by atoms with Crippen molar-refractivity contribution < 1.29 is 4.79 Å². The molecule has 1 aromatic rings. The lowest BCUT2D eigenvalue weighted by atomic mass is 9.85. The maximum absolute atomic E-state index is 11.3. The maximum atomic E-state index is 11.3. The number of carbonyl (C=O) groups is 1. The number of nitrogens with two attached hydrogens (primary N) is 1. The molecule has 0 spiro atoms. The number of amides is 1. The van der Waals surface area contributed by atoms with Crippen molar-refractivity contribution in [2.45, 2.75) is 27.7 Å². The third kappa shape index (κ3) is 4.35. The molecule has 0 aliphatic carbocycles. The number of hydrogen-bond donors (Lipinski definition) is 2. The Hall–Kier alpha value is -1.36. The van der Waals surface area contributed by atoms with Gasteiger partial charge in [-0.2, -0.15) is 0 Å². The van der Waals surface area contributed by atoms with Gasteiger partial charge in [0, 0.05) is 6.54 Å². The highest BCUT2D eigenvalue weighted by Gasteiger charge is 2.19. The number of halogens is 1. The summed E-state index contributed by atoms with van der Waals surface area (Å²) in [6.45, 7) is 9.42. The number of nitrogens with one attached hydrogen (secondary N) is 1. The molecule has 1 aromatic heterocycles. The first-order valence-corrected chi connectivity index (χ1v) is 6.77. The van der Waals surface area contributed by atoms with Crippen molar-refractivity contribution in [1.29, 1.82) is 0 Å². The third-order valence-corrected chi connectivity index (χ3v) is 3.43. The van der Waals surface area contributed by atoms with Crippen LogP contribution in [0, 0.1) is 17.8 Å². The van der Waals surface area contributed by atoms with Crippen LogP contribution in [0.25, 0.3) is 0 Å². The molecule has 0 saturated carbocycles. The summed E-state index contributed by atoms with van der Waals surface area (Å²) in [5, 5.41) is 10.9. The summed E-state index contributed by atoms with van der Waals surface area (Å²) in [5.41, 5.74) is 5.57. The number of hydrogen-bond acceptors (Lipinski definition) is 4. The average Bonchev–Trinajstić information content (AvgIpc) is 2.29. The summed E-state index contributed by atoms with van der Waals surface area (Å²) in [5.74, 6) is 1.36. The highest BCUT2D eigenvalue weighted by Crippen LogP contribution is 2.22. The number of anilines is 1. The van der Waals surface area contributed by atoms with Crippen molar-refractivity contribution in [3.05, 3.63) is 16.8 Å². The van der Waals surface area contributed by atoms with Crippen LogP contribution in [0.5, 0.6) is 0 Å². The quantitative estimate of drug-likeness (QED) is 0.841. The molecule has 0 aromatic carbocycles. The van der Waals surface area contributed by atoms with Crippen LogP contribution in [0.2, 0.25) is 5.15 Å². The van der Waals surface area contributed by atoms with Gasteiger partial charge in [-0.05, 0) is 23.8 Å². The van der Waals surface area contributed by atoms with Gasteiger partial charge in [0.1, 0.15) is 0 Å². The fourth-order valence-corrected chi connectivity index (χ4v) is 2.29. The predicted molar refractivity (Wildman–Crippen MR) is 77.2 cm³/mol. The van der Waals surface area contributed by atoms with Gasteiger partial charge in [-0.1, -0.05) is 39.3 Å². The van der Waals surface area contributed by atoms with Gasteiger partial charge in [0.15, 0.2) is 11.0 Å². The monoisotopic (exact) mass is 284 g/mol. The van der Waals surface area contributed by atoms with Crippen LogP contribution in [0.4, 0.5) is 5.82 Å². The van der Waals surface area contributed by atoms with Gasteiger partial charge < -0.3 is 11.1 Å². The SMILES string of the molecule is CC(C)C(CNc1nnc(Cl)cc1C(N)=O)C(C)C. The second-order valence-electron chi connectivity index (χ2n) is 5.33. The highest BCUT2D eigenvalue weighted by molar-refractivity contribution is 6.29. The third-order valence-electron chi connectivity index (χ3n) is 3.25. The van der Waals surface area contributed by atoms with Gasteiger partial charge >= 0.3 is 0 Å². The first-order chi connectivity index (χ1) is 8.82. The molecule has 0 bridgehead atoms. The summed E-state index contributed by atoms with van der Waals surface area (Å²) in [7, 11) is 0. The summed E-state index contributed by atoms with van der Waals surface area (Å²) < 4.78 is 0. The van der Waals surface area contributed by atoms with Gasteiger partial charge in [0.25, 0.3) is 5.91 Å². The lowest BCUT2D eigenvalue weighted by Crippen LogP contribution is -2.26. The largest absolute Gasteiger partial charge is 0.368 e. The van der Waals surface area contributed by atoms with Gasteiger partial charge in [0.2, 0.25) is 0 Å². The Bertz CT molecular complexity index is 440.